The highest BCUT2D eigenvalue weighted by Gasteiger charge is 2.16. The van der Waals surface area contributed by atoms with Crippen LogP contribution in [0, 0.1) is 21.4 Å². The van der Waals surface area contributed by atoms with Crippen LogP contribution in [0.5, 0.6) is 0 Å². The summed E-state index contributed by atoms with van der Waals surface area (Å²) < 4.78 is 0. The summed E-state index contributed by atoms with van der Waals surface area (Å²) in [5.41, 5.74) is 3.06. The average Bonchev–Trinajstić information content (AvgIpc) is 2.95. The van der Waals surface area contributed by atoms with Gasteiger partial charge in [0.25, 0.3) is 5.69 Å². The topological polar surface area (TPSA) is 163 Å². The van der Waals surface area contributed by atoms with E-state index >= 15 is 0 Å². The molecule has 184 valence electrons. The van der Waals surface area contributed by atoms with Crippen molar-refractivity contribution in [2.75, 3.05) is 28.6 Å². The van der Waals surface area contributed by atoms with Crippen LogP contribution in [0.2, 0.25) is 0 Å². The number of nitro groups is 1. The fourth-order valence-electron chi connectivity index (χ4n) is 3.41. The number of hydrogen-bond donors (Lipinski definition) is 2. The Morgan fingerprint density at radius 1 is 1.00 bits per heavy atom. The molecule has 12 nitrogen and oxygen atoms in total. The van der Waals surface area contributed by atoms with Crippen molar-refractivity contribution in [2.24, 2.45) is 0 Å². The molecule has 3 heterocycles. The average molecular weight is 496 g/mol. The molecule has 0 atom stereocenters. The molecule has 1 amide bonds. The molecule has 0 saturated heterocycles. The number of carbonyl (C=O) groups excluding carboxylic acids is 1. The number of nitrogens with zero attached hydrogens (tertiary/aromatic N) is 7. The van der Waals surface area contributed by atoms with Crippen LogP contribution in [0.3, 0.4) is 0 Å². The Kier molecular flexibility index (Phi) is 7.87. The molecule has 4 aromatic rings. The molecule has 37 heavy (non-hydrogen) atoms. The molecule has 0 aliphatic carbocycles. The summed E-state index contributed by atoms with van der Waals surface area (Å²) in [6, 6.07) is 15.5. The van der Waals surface area contributed by atoms with Crippen LogP contribution >= 0.6 is 0 Å². The number of anilines is 3. The minimum absolute atomic E-state index is 0.0826. The maximum absolute atomic E-state index is 12.0. The molecule has 0 spiro atoms. The molecular weight excluding hydrogens is 474 g/mol. The minimum atomic E-state index is -0.506. The van der Waals surface area contributed by atoms with Crippen molar-refractivity contribution in [1.29, 1.82) is 5.26 Å². The predicted octanol–water partition coefficient (Wildman–Crippen LogP) is 3.40. The molecule has 0 unspecified atom stereocenters. The van der Waals surface area contributed by atoms with E-state index in [-0.39, 0.29) is 5.69 Å². The van der Waals surface area contributed by atoms with Gasteiger partial charge >= 0.3 is 0 Å². The SMILES string of the molecule is N#Cc1ccc(-c2nc(NCCNc3ccc([N+](=O)[O-])cn3)ncc2N(C=O)Cc2ccncc2)cc1. The smallest absolute Gasteiger partial charge is 0.287 e. The van der Waals surface area contributed by atoms with Gasteiger partial charge in [0, 0.05) is 37.1 Å². The van der Waals surface area contributed by atoms with Crippen molar-refractivity contribution in [1.82, 2.24) is 19.9 Å². The Hall–Kier alpha value is -5.44. The standard InChI is InChI=1S/C25H21N9O3/c26-13-18-1-3-20(4-2-18)24-22(33(17-35)16-19-7-9-27-10-8-19)15-31-25(32-24)29-12-11-28-23-6-5-21(14-30-23)34(36)37/h1-10,14-15,17H,11-12,16H2,(H,28,30)(H,29,31,32). The van der Waals surface area contributed by atoms with Crippen molar-refractivity contribution < 1.29 is 9.72 Å². The largest absolute Gasteiger partial charge is 0.368 e. The number of aromatic nitrogens is 4. The van der Waals surface area contributed by atoms with Gasteiger partial charge in [-0.25, -0.2) is 15.0 Å². The first-order valence-electron chi connectivity index (χ1n) is 11.1. The molecule has 0 aliphatic rings. The molecule has 0 saturated carbocycles. The van der Waals surface area contributed by atoms with Crippen molar-refractivity contribution in [3.8, 4) is 17.3 Å². The number of pyridine rings is 2. The van der Waals surface area contributed by atoms with Gasteiger partial charge in [-0.05, 0) is 35.9 Å². The normalized spacial score (nSPS) is 10.2. The lowest BCUT2D eigenvalue weighted by atomic mass is 10.1. The van der Waals surface area contributed by atoms with E-state index in [9.17, 15) is 14.9 Å². The molecule has 1 aromatic carbocycles. The summed E-state index contributed by atoms with van der Waals surface area (Å²) in [6.07, 6.45) is 6.80. The third-order valence-electron chi connectivity index (χ3n) is 5.27. The first-order chi connectivity index (χ1) is 18.1. The Balaban J connectivity index is 1.51. The highest BCUT2D eigenvalue weighted by molar-refractivity contribution is 5.85. The van der Waals surface area contributed by atoms with E-state index in [0.717, 1.165) is 12.0 Å². The van der Waals surface area contributed by atoms with Crippen molar-refractivity contribution in [2.45, 2.75) is 6.54 Å². The first-order valence-corrected chi connectivity index (χ1v) is 11.1. The summed E-state index contributed by atoms with van der Waals surface area (Å²) in [7, 11) is 0. The van der Waals surface area contributed by atoms with Gasteiger partial charge in [0.05, 0.1) is 40.7 Å². The lowest BCUT2D eigenvalue weighted by Crippen LogP contribution is -2.22. The lowest BCUT2D eigenvalue weighted by molar-refractivity contribution is -0.385. The fourth-order valence-corrected chi connectivity index (χ4v) is 3.41. The number of amides is 1. The Bertz CT molecular complexity index is 1410. The zero-order valence-corrected chi connectivity index (χ0v) is 19.5. The molecule has 12 heteroatoms. The molecule has 0 radical (unpaired) electrons. The van der Waals surface area contributed by atoms with E-state index in [1.165, 1.54) is 23.2 Å². The number of carbonyl (C=O) groups is 1. The van der Waals surface area contributed by atoms with Crippen LogP contribution in [0.15, 0.2) is 73.3 Å². The highest BCUT2D eigenvalue weighted by atomic mass is 16.6. The zero-order valence-electron chi connectivity index (χ0n) is 19.5. The summed E-state index contributed by atoms with van der Waals surface area (Å²) in [6.45, 7) is 1.18. The fraction of sp³-hybridized carbons (Fsp3) is 0.120. The van der Waals surface area contributed by atoms with Crippen LogP contribution in [0.4, 0.5) is 23.1 Å². The van der Waals surface area contributed by atoms with Gasteiger partial charge < -0.3 is 15.5 Å². The lowest BCUT2D eigenvalue weighted by Gasteiger charge is -2.21. The zero-order chi connectivity index (χ0) is 26.0. The second-order valence-corrected chi connectivity index (χ2v) is 7.72. The summed E-state index contributed by atoms with van der Waals surface area (Å²) >= 11 is 0. The third kappa shape index (κ3) is 6.37. The van der Waals surface area contributed by atoms with E-state index in [0.29, 0.717) is 53.9 Å². The molecule has 0 aliphatic heterocycles. The molecule has 0 fully saturated rings. The van der Waals surface area contributed by atoms with E-state index in [1.807, 2.05) is 12.1 Å². The molecule has 3 aromatic heterocycles. The third-order valence-corrected chi connectivity index (χ3v) is 5.27. The van der Waals surface area contributed by atoms with E-state index in [2.05, 4.69) is 36.6 Å². The summed E-state index contributed by atoms with van der Waals surface area (Å²) in [5.74, 6) is 0.844. The number of rotatable bonds is 11. The van der Waals surface area contributed by atoms with Crippen LogP contribution in [-0.2, 0) is 11.3 Å². The number of nitriles is 1. The quantitative estimate of drug-likeness (QED) is 0.136. The molecule has 4 rings (SSSR count). The molecule has 0 bridgehead atoms. The molecule has 2 N–H and O–H groups in total. The highest BCUT2D eigenvalue weighted by Crippen LogP contribution is 2.30. The van der Waals surface area contributed by atoms with Gasteiger partial charge in [-0.2, -0.15) is 5.26 Å². The monoisotopic (exact) mass is 495 g/mol. The van der Waals surface area contributed by atoms with Gasteiger partial charge in [0.15, 0.2) is 0 Å². The number of nitrogens with one attached hydrogen (secondary N) is 2. The van der Waals surface area contributed by atoms with Crippen molar-refractivity contribution >= 4 is 29.6 Å². The van der Waals surface area contributed by atoms with E-state index < -0.39 is 4.92 Å². The van der Waals surface area contributed by atoms with Crippen molar-refractivity contribution in [3.63, 3.8) is 0 Å². The first kappa shape index (κ1) is 24.7. The maximum Gasteiger partial charge on any atom is 0.287 e. The minimum Gasteiger partial charge on any atom is -0.368 e. The van der Waals surface area contributed by atoms with Crippen molar-refractivity contribution in [3.05, 3.63) is 94.6 Å². The predicted molar refractivity (Wildman–Crippen MR) is 137 cm³/mol. The summed E-state index contributed by atoms with van der Waals surface area (Å²) in [4.78, 5) is 40.8. The Labute approximate surface area is 211 Å². The second-order valence-electron chi connectivity index (χ2n) is 7.72. The Morgan fingerprint density at radius 3 is 2.41 bits per heavy atom. The van der Waals surface area contributed by atoms with Crippen LogP contribution in [0.25, 0.3) is 11.3 Å². The Morgan fingerprint density at radius 2 is 1.76 bits per heavy atom. The van der Waals surface area contributed by atoms with E-state index in [1.54, 1.807) is 42.9 Å². The second kappa shape index (κ2) is 11.8. The number of benzene rings is 1. The van der Waals surface area contributed by atoms with Gasteiger partial charge in [-0.15, -0.1) is 0 Å². The van der Waals surface area contributed by atoms with Crippen LogP contribution in [-0.4, -0.2) is 44.4 Å². The number of hydrogen-bond acceptors (Lipinski definition) is 10. The molecular formula is C25H21N9O3. The summed E-state index contributed by atoms with van der Waals surface area (Å²) in [5, 5.41) is 26.1. The van der Waals surface area contributed by atoms with E-state index in [4.69, 9.17) is 5.26 Å². The van der Waals surface area contributed by atoms with Crippen LogP contribution < -0.4 is 15.5 Å². The van der Waals surface area contributed by atoms with Gasteiger partial charge in [0.2, 0.25) is 12.4 Å². The van der Waals surface area contributed by atoms with Gasteiger partial charge in [-0.3, -0.25) is 19.9 Å². The van der Waals surface area contributed by atoms with Gasteiger partial charge in [0.1, 0.15) is 12.0 Å². The van der Waals surface area contributed by atoms with Crippen LogP contribution in [0.1, 0.15) is 11.1 Å². The maximum atomic E-state index is 12.0. The van der Waals surface area contributed by atoms with Gasteiger partial charge in [-0.1, -0.05) is 12.1 Å².